The summed E-state index contributed by atoms with van der Waals surface area (Å²) in [6.45, 7) is 0.555. The van der Waals surface area contributed by atoms with E-state index in [-0.39, 0.29) is 45.5 Å². The summed E-state index contributed by atoms with van der Waals surface area (Å²) in [5.74, 6) is -1.32. The average molecular weight is 464 g/mol. The largest absolute Gasteiger partial charge is 0.507 e. The predicted octanol–water partition coefficient (Wildman–Crippen LogP) is 3.55. The Bertz CT molecular complexity index is 1160. The molecule has 1 aliphatic heterocycles. The normalized spacial score (nSPS) is 19.9. The topological polar surface area (TPSA) is 94.1 Å². The van der Waals surface area contributed by atoms with Crippen LogP contribution in [0.1, 0.15) is 17.9 Å². The molecule has 1 saturated heterocycles. The molecule has 6 nitrogen and oxygen atoms in total. The highest BCUT2D eigenvalue weighted by atomic mass is 79.9. The molecular formula is C21H19BrFNO5. The Morgan fingerprint density at radius 2 is 2.03 bits per heavy atom. The van der Waals surface area contributed by atoms with E-state index < -0.39 is 17.0 Å². The van der Waals surface area contributed by atoms with Crippen LogP contribution in [0.25, 0.3) is 22.3 Å². The van der Waals surface area contributed by atoms with Gasteiger partial charge in [-0.25, -0.2) is 4.39 Å². The van der Waals surface area contributed by atoms with Crippen molar-refractivity contribution in [2.24, 2.45) is 0 Å². The van der Waals surface area contributed by atoms with Crippen LogP contribution in [0.5, 0.6) is 11.5 Å². The molecule has 2 atom stereocenters. The summed E-state index contributed by atoms with van der Waals surface area (Å²) in [6, 6.07) is 6.40. The van der Waals surface area contributed by atoms with Crippen LogP contribution in [-0.4, -0.2) is 46.5 Å². The van der Waals surface area contributed by atoms with Gasteiger partial charge in [0.15, 0.2) is 5.43 Å². The smallest absolute Gasteiger partial charge is 0.197 e. The van der Waals surface area contributed by atoms with Gasteiger partial charge in [-0.1, -0.05) is 6.07 Å². The number of halogens is 2. The summed E-state index contributed by atoms with van der Waals surface area (Å²) in [6.07, 6.45) is 0.632. The number of rotatable bonds is 3. The van der Waals surface area contributed by atoms with Crippen molar-refractivity contribution in [2.75, 3.05) is 20.2 Å². The number of phenolic OH excluding ortho intramolecular Hbond substituents is 2. The molecule has 0 aliphatic carbocycles. The van der Waals surface area contributed by atoms with E-state index in [1.54, 1.807) is 6.07 Å². The molecule has 152 valence electrons. The zero-order chi connectivity index (χ0) is 20.9. The summed E-state index contributed by atoms with van der Waals surface area (Å²) < 4.78 is 20.1. The van der Waals surface area contributed by atoms with Gasteiger partial charge in [0.05, 0.1) is 11.1 Å². The molecule has 1 aliphatic rings. The number of phenols is 2. The number of aromatic hydroxyl groups is 2. The fourth-order valence-electron chi connectivity index (χ4n) is 4.12. The van der Waals surface area contributed by atoms with Crippen LogP contribution in [0.3, 0.4) is 0 Å². The molecule has 1 fully saturated rings. The van der Waals surface area contributed by atoms with Crippen molar-refractivity contribution in [1.29, 1.82) is 0 Å². The maximum absolute atomic E-state index is 14.0. The molecule has 3 N–H and O–H groups in total. The summed E-state index contributed by atoms with van der Waals surface area (Å²) >= 11 is 3.17. The Labute approximate surface area is 173 Å². The van der Waals surface area contributed by atoms with E-state index in [2.05, 4.69) is 15.9 Å². The van der Waals surface area contributed by atoms with Crippen LogP contribution < -0.4 is 5.43 Å². The number of fused-ring (bicyclic) bond motifs is 1. The molecule has 3 aromatic rings. The number of benzene rings is 2. The lowest BCUT2D eigenvalue weighted by Crippen LogP contribution is -2.32. The summed E-state index contributed by atoms with van der Waals surface area (Å²) in [5, 5.41) is 30.7. The Kier molecular flexibility index (Phi) is 5.10. The number of aliphatic hydroxyl groups is 1. The number of likely N-dealkylation sites (N-methyl/N-ethyl adjacent to an activating group) is 1. The van der Waals surface area contributed by atoms with Crippen molar-refractivity contribution in [3.63, 3.8) is 0 Å². The Morgan fingerprint density at radius 1 is 1.28 bits per heavy atom. The van der Waals surface area contributed by atoms with Crippen molar-refractivity contribution in [3.8, 4) is 22.8 Å². The third-order valence-electron chi connectivity index (χ3n) is 5.60. The monoisotopic (exact) mass is 463 g/mol. The SMILES string of the molecule is CN1CCC(c2c(O)cc(O)c3c(=O)cc(-c4cccc(F)c4Br)oc23)[C@H]1CO. The molecule has 0 amide bonds. The molecule has 1 aromatic heterocycles. The predicted molar refractivity (Wildman–Crippen MR) is 110 cm³/mol. The molecule has 4 rings (SSSR count). The van der Waals surface area contributed by atoms with E-state index in [9.17, 15) is 24.5 Å². The van der Waals surface area contributed by atoms with Crippen LogP contribution in [0.2, 0.25) is 0 Å². The van der Waals surface area contributed by atoms with Crippen LogP contribution >= 0.6 is 15.9 Å². The second kappa shape index (κ2) is 7.44. The van der Waals surface area contributed by atoms with Crippen LogP contribution in [0.15, 0.2) is 44.0 Å². The van der Waals surface area contributed by atoms with Gasteiger partial charge in [-0.05, 0) is 48.1 Å². The van der Waals surface area contributed by atoms with Gasteiger partial charge < -0.3 is 24.6 Å². The Hall–Kier alpha value is -2.42. The van der Waals surface area contributed by atoms with Crippen molar-refractivity contribution >= 4 is 26.9 Å². The standard InChI is InChI=1S/C21H19BrFNO5/c1-24-6-5-10(13(24)9-25)18-14(26)7-15(27)19-16(28)8-17(29-21(18)19)11-3-2-4-12(23)20(11)22/h2-4,7-8,10,13,25-27H,5-6,9H2,1H3/t10?,13-/m1/s1. The van der Waals surface area contributed by atoms with Crippen molar-refractivity contribution in [3.05, 3.63) is 56.4 Å². The highest BCUT2D eigenvalue weighted by molar-refractivity contribution is 9.10. The van der Waals surface area contributed by atoms with Gasteiger partial charge >= 0.3 is 0 Å². The maximum Gasteiger partial charge on any atom is 0.197 e. The molecule has 29 heavy (non-hydrogen) atoms. The average Bonchev–Trinajstić information content (AvgIpc) is 3.03. The summed E-state index contributed by atoms with van der Waals surface area (Å²) in [7, 11) is 1.87. The van der Waals surface area contributed by atoms with E-state index in [0.29, 0.717) is 24.1 Å². The number of hydrogen-bond acceptors (Lipinski definition) is 6. The fraction of sp³-hybridized carbons (Fsp3) is 0.286. The molecule has 0 radical (unpaired) electrons. The Balaban J connectivity index is 2.03. The van der Waals surface area contributed by atoms with E-state index in [4.69, 9.17) is 4.42 Å². The van der Waals surface area contributed by atoms with Crippen LogP contribution in [0, 0.1) is 5.82 Å². The van der Waals surface area contributed by atoms with Gasteiger partial charge in [0, 0.05) is 35.2 Å². The van der Waals surface area contributed by atoms with Gasteiger partial charge in [-0.2, -0.15) is 0 Å². The highest BCUT2D eigenvalue weighted by Gasteiger charge is 2.36. The lowest BCUT2D eigenvalue weighted by molar-refractivity contribution is 0.172. The third-order valence-corrected chi connectivity index (χ3v) is 6.40. The quantitative estimate of drug-likeness (QED) is 0.549. The zero-order valence-corrected chi connectivity index (χ0v) is 17.1. The lowest BCUT2D eigenvalue weighted by atomic mass is 9.89. The van der Waals surface area contributed by atoms with Gasteiger partial charge in [0.1, 0.15) is 34.0 Å². The van der Waals surface area contributed by atoms with E-state index in [1.807, 2.05) is 11.9 Å². The molecule has 2 heterocycles. The summed E-state index contributed by atoms with van der Waals surface area (Å²) in [5.41, 5.74) is 0.218. The molecule has 0 bridgehead atoms. The molecular weight excluding hydrogens is 445 g/mol. The van der Waals surface area contributed by atoms with Crippen molar-refractivity contribution in [2.45, 2.75) is 18.4 Å². The van der Waals surface area contributed by atoms with Crippen molar-refractivity contribution < 1.29 is 24.1 Å². The highest BCUT2D eigenvalue weighted by Crippen LogP contribution is 2.44. The van der Waals surface area contributed by atoms with Gasteiger partial charge in [0.2, 0.25) is 0 Å². The number of nitrogens with zero attached hydrogens (tertiary/aromatic N) is 1. The van der Waals surface area contributed by atoms with Gasteiger partial charge in [-0.15, -0.1) is 0 Å². The van der Waals surface area contributed by atoms with Gasteiger partial charge in [0.25, 0.3) is 0 Å². The zero-order valence-electron chi connectivity index (χ0n) is 15.5. The Morgan fingerprint density at radius 3 is 2.76 bits per heavy atom. The third kappa shape index (κ3) is 3.21. The van der Waals surface area contributed by atoms with Gasteiger partial charge in [-0.3, -0.25) is 4.79 Å². The summed E-state index contributed by atoms with van der Waals surface area (Å²) in [4.78, 5) is 14.8. The fourth-order valence-corrected chi connectivity index (χ4v) is 4.58. The van der Waals surface area contributed by atoms with Crippen LogP contribution in [0.4, 0.5) is 4.39 Å². The molecule has 0 saturated carbocycles. The maximum atomic E-state index is 14.0. The minimum Gasteiger partial charge on any atom is -0.507 e. The minimum absolute atomic E-state index is 0.0416. The molecule has 8 heteroatoms. The molecule has 1 unspecified atom stereocenters. The van der Waals surface area contributed by atoms with E-state index in [0.717, 1.165) is 6.07 Å². The molecule has 0 spiro atoms. The van der Waals surface area contributed by atoms with Crippen LogP contribution in [-0.2, 0) is 0 Å². The second-order valence-corrected chi connectivity index (χ2v) is 8.03. The first-order valence-electron chi connectivity index (χ1n) is 9.11. The molecule has 2 aromatic carbocycles. The van der Waals surface area contributed by atoms with E-state index >= 15 is 0 Å². The number of hydrogen-bond donors (Lipinski definition) is 3. The number of aliphatic hydroxyl groups excluding tert-OH is 1. The first kappa shape index (κ1) is 19.9. The van der Waals surface area contributed by atoms with Crippen molar-refractivity contribution in [1.82, 2.24) is 4.90 Å². The minimum atomic E-state index is -0.512. The second-order valence-electron chi connectivity index (χ2n) is 7.23. The first-order chi connectivity index (χ1) is 13.8. The first-order valence-corrected chi connectivity index (χ1v) is 9.91. The van der Waals surface area contributed by atoms with E-state index in [1.165, 1.54) is 18.2 Å². The lowest BCUT2D eigenvalue weighted by Gasteiger charge is -2.24. The number of likely N-dealkylation sites (tertiary alicyclic amines) is 1.